The Kier molecular flexibility index (Phi) is 6.91. The van der Waals surface area contributed by atoms with E-state index in [0.717, 1.165) is 37.0 Å². The van der Waals surface area contributed by atoms with Crippen molar-refractivity contribution >= 4 is 35.0 Å². The number of hydrogen-bond acceptors (Lipinski definition) is 4. The maximum Gasteiger partial charge on any atom is 0.251 e. The van der Waals surface area contributed by atoms with E-state index in [4.69, 9.17) is 10.2 Å². The van der Waals surface area contributed by atoms with Crippen LogP contribution in [0.1, 0.15) is 47.2 Å². The monoisotopic (exact) mass is 420 g/mol. The van der Waals surface area contributed by atoms with E-state index in [1.807, 2.05) is 18.2 Å². The van der Waals surface area contributed by atoms with Crippen molar-refractivity contribution in [3.63, 3.8) is 0 Å². The SMILES string of the molecule is Cc1cc(NC2CCC(NC(=O)c3ccc(C#N)cc3)CC2)nc2ccccc12.Cl. The van der Waals surface area contributed by atoms with E-state index in [2.05, 4.69) is 35.8 Å². The molecule has 1 saturated carbocycles. The van der Waals surface area contributed by atoms with Crippen molar-refractivity contribution in [1.29, 1.82) is 5.26 Å². The van der Waals surface area contributed by atoms with Crippen molar-refractivity contribution in [3.8, 4) is 6.07 Å². The molecule has 30 heavy (non-hydrogen) atoms. The number of anilines is 1. The molecule has 0 bridgehead atoms. The Labute approximate surface area is 182 Å². The van der Waals surface area contributed by atoms with E-state index in [1.54, 1.807) is 24.3 Å². The van der Waals surface area contributed by atoms with Crippen molar-refractivity contribution in [2.75, 3.05) is 5.32 Å². The molecule has 2 N–H and O–H groups in total. The summed E-state index contributed by atoms with van der Waals surface area (Å²) in [6.07, 6.45) is 3.86. The number of carbonyl (C=O) groups is 1. The summed E-state index contributed by atoms with van der Waals surface area (Å²) in [5.41, 5.74) is 3.39. The number of fused-ring (bicyclic) bond motifs is 1. The topological polar surface area (TPSA) is 77.8 Å². The third kappa shape index (κ3) is 4.90. The van der Waals surface area contributed by atoms with Gasteiger partial charge in [0, 0.05) is 23.0 Å². The first-order valence-corrected chi connectivity index (χ1v) is 10.1. The molecule has 0 aliphatic heterocycles. The molecule has 0 atom stereocenters. The quantitative estimate of drug-likeness (QED) is 0.623. The lowest BCUT2D eigenvalue weighted by molar-refractivity contribution is 0.0926. The molecule has 0 unspecified atom stereocenters. The van der Waals surface area contributed by atoms with Crippen LogP contribution in [0.15, 0.2) is 54.6 Å². The van der Waals surface area contributed by atoms with Gasteiger partial charge in [-0.2, -0.15) is 5.26 Å². The van der Waals surface area contributed by atoms with Crippen molar-refractivity contribution in [2.24, 2.45) is 0 Å². The summed E-state index contributed by atoms with van der Waals surface area (Å²) in [6.45, 7) is 2.12. The molecule has 1 fully saturated rings. The van der Waals surface area contributed by atoms with E-state index in [9.17, 15) is 4.79 Å². The molecular formula is C24H25ClN4O. The molecule has 5 nitrogen and oxygen atoms in total. The van der Waals surface area contributed by atoms with Crippen molar-refractivity contribution in [1.82, 2.24) is 10.3 Å². The van der Waals surface area contributed by atoms with Gasteiger partial charge in [-0.1, -0.05) is 18.2 Å². The van der Waals surface area contributed by atoms with Crippen molar-refractivity contribution in [3.05, 3.63) is 71.3 Å². The van der Waals surface area contributed by atoms with Crippen LogP contribution in [0.5, 0.6) is 0 Å². The van der Waals surface area contributed by atoms with Crippen LogP contribution in [0.25, 0.3) is 10.9 Å². The Morgan fingerprint density at radius 1 is 1.03 bits per heavy atom. The van der Waals surface area contributed by atoms with E-state index >= 15 is 0 Å². The number of pyridine rings is 1. The highest BCUT2D eigenvalue weighted by molar-refractivity contribution is 5.94. The fourth-order valence-electron chi connectivity index (χ4n) is 3.98. The first kappa shape index (κ1) is 21.6. The Morgan fingerprint density at radius 2 is 1.70 bits per heavy atom. The largest absolute Gasteiger partial charge is 0.367 e. The number of para-hydroxylation sites is 1. The van der Waals surface area contributed by atoms with Crippen LogP contribution in [0.3, 0.4) is 0 Å². The molecule has 1 heterocycles. The van der Waals surface area contributed by atoms with Crippen LogP contribution in [0, 0.1) is 18.3 Å². The van der Waals surface area contributed by atoms with E-state index in [1.165, 1.54) is 10.9 Å². The Hall–Kier alpha value is -3.10. The van der Waals surface area contributed by atoms with Crippen LogP contribution < -0.4 is 10.6 Å². The van der Waals surface area contributed by atoms with Gasteiger partial charge in [-0.3, -0.25) is 4.79 Å². The lowest BCUT2D eigenvalue weighted by Gasteiger charge is -2.30. The molecule has 0 saturated heterocycles. The maximum absolute atomic E-state index is 12.4. The minimum absolute atomic E-state index is 0. The van der Waals surface area contributed by atoms with Gasteiger partial charge in [0.25, 0.3) is 5.91 Å². The minimum atomic E-state index is -0.0716. The fraction of sp³-hybridized carbons (Fsp3) is 0.292. The van der Waals surface area contributed by atoms with Gasteiger partial charge < -0.3 is 10.6 Å². The second kappa shape index (κ2) is 9.60. The first-order chi connectivity index (χ1) is 14.1. The maximum atomic E-state index is 12.4. The summed E-state index contributed by atoms with van der Waals surface area (Å²) >= 11 is 0. The predicted molar refractivity (Wildman–Crippen MR) is 122 cm³/mol. The van der Waals surface area contributed by atoms with Crippen molar-refractivity contribution < 1.29 is 4.79 Å². The molecule has 0 spiro atoms. The molecule has 4 rings (SSSR count). The first-order valence-electron chi connectivity index (χ1n) is 10.1. The molecule has 1 aliphatic rings. The molecule has 154 valence electrons. The average molecular weight is 421 g/mol. The number of rotatable bonds is 4. The summed E-state index contributed by atoms with van der Waals surface area (Å²) in [5, 5.41) is 16.8. The zero-order valence-corrected chi connectivity index (χ0v) is 17.7. The molecule has 6 heteroatoms. The molecule has 1 aromatic heterocycles. The number of aryl methyl sites for hydroxylation is 1. The highest BCUT2D eigenvalue weighted by atomic mass is 35.5. The summed E-state index contributed by atoms with van der Waals surface area (Å²) in [7, 11) is 0. The van der Waals surface area contributed by atoms with Crippen LogP contribution in [0.4, 0.5) is 5.82 Å². The van der Waals surface area contributed by atoms with Gasteiger partial charge in [-0.25, -0.2) is 4.98 Å². The zero-order valence-electron chi connectivity index (χ0n) is 16.9. The van der Waals surface area contributed by atoms with E-state index in [0.29, 0.717) is 17.2 Å². The summed E-state index contributed by atoms with van der Waals surface area (Å²) < 4.78 is 0. The molecule has 0 radical (unpaired) electrons. The summed E-state index contributed by atoms with van der Waals surface area (Å²) in [6, 6.07) is 19.7. The molecule has 2 aromatic carbocycles. The number of benzene rings is 2. The molecule has 3 aromatic rings. The van der Waals surface area contributed by atoms with Gasteiger partial charge >= 0.3 is 0 Å². The highest BCUT2D eigenvalue weighted by Gasteiger charge is 2.23. The number of nitriles is 1. The normalized spacial score (nSPS) is 18.1. The number of aromatic nitrogens is 1. The standard InChI is InChI=1S/C24H24N4O.ClH/c1-16-14-23(28-22-5-3-2-4-21(16)22)26-19-10-12-20(13-11-19)27-24(29)18-8-6-17(15-25)7-9-18;/h2-9,14,19-20H,10-13H2,1H3,(H,26,28)(H,27,29);1H. The van der Waals surface area contributed by atoms with Gasteiger partial charge in [0.1, 0.15) is 5.82 Å². The summed E-state index contributed by atoms with van der Waals surface area (Å²) in [4.78, 5) is 17.2. The lowest BCUT2D eigenvalue weighted by Crippen LogP contribution is -2.40. The Morgan fingerprint density at radius 3 is 2.40 bits per heavy atom. The number of hydrogen-bond donors (Lipinski definition) is 2. The second-order valence-corrected chi connectivity index (χ2v) is 7.70. The van der Waals surface area contributed by atoms with E-state index < -0.39 is 0 Å². The average Bonchev–Trinajstić information content (AvgIpc) is 2.75. The lowest BCUT2D eigenvalue weighted by atomic mass is 9.91. The minimum Gasteiger partial charge on any atom is -0.367 e. The molecule has 1 amide bonds. The van der Waals surface area contributed by atoms with E-state index in [-0.39, 0.29) is 24.4 Å². The Bertz CT molecular complexity index is 1070. The van der Waals surface area contributed by atoms with Crippen LogP contribution in [-0.4, -0.2) is 23.0 Å². The van der Waals surface area contributed by atoms with Gasteiger partial charge in [0.2, 0.25) is 0 Å². The van der Waals surface area contributed by atoms with Gasteiger partial charge in [0.05, 0.1) is 17.1 Å². The van der Waals surface area contributed by atoms with Gasteiger partial charge in [-0.05, 0) is 74.6 Å². The Balaban J connectivity index is 0.00000256. The third-order valence-corrected chi connectivity index (χ3v) is 5.61. The summed E-state index contributed by atoms with van der Waals surface area (Å²) in [5.74, 6) is 0.851. The zero-order chi connectivity index (χ0) is 20.2. The van der Waals surface area contributed by atoms with Crippen LogP contribution in [0.2, 0.25) is 0 Å². The predicted octanol–water partition coefficient (Wildman–Crippen LogP) is 4.99. The van der Waals surface area contributed by atoms with Gasteiger partial charge in [-0.15, -0.1) is 12.4 Å². The fourth-order valence-corrected chi connectivity index (χ4v) is 3.98. The number of carbonyl (C=O) groups excluding carboxylic acids is 1. The van der Waals surface area contributed by atoms with Crippen LogP contribution >= 0.6 is 12.4 Å². The number of nitrogens with one attached hydrogen (secondary N) is 2. The smallest absolute Gasteiger partial charge is 0.251 e. The van der Waals surface area contributed by atoms with Crippen molar-refractivity contribution in [2.45, 2.75) is 44.7 Å². The van der Waals surface area contributed by atoms with Crippen LogP contribution in [-0.2, 0) is 0 Å². The number of nitrogens with zero attached hydrogens (tertiary/aromatic N) is 2. The number of halogens is 1. The second-order valence-electron chi connectivity index (χ2n) is 7.70. The highest BCUT2D eigenvalue weighted by Crippen LogP contribution is 2.25. The number of amides is 1. The third-order valence-electron chi connectivity index (χ3n) is 5.61. The van der Waals surface area contributed by atoms with Gasteiger partial charge in [0.15, 0.2) is 0 Å². The molecule has 1 aliphatic carbocycles. The molecular weight excluding hydrogens is 396 g/mol.